The molecule has 0 aliphatic rings. The van der Waals surface area contributed by atoms with E-state index in [1.54, 1.807) is 13.8 Å². The van der Waals surface area contributed by atoms with Crippen molar-refractivity contribution in [1.29, 1.82) is 0 Å². The number of amides is 1. The van der Waals surface area contributed by atoms with Crippen LogP contribution in [0.2, 0.25) is 5.02 Å². The van der Waals surface area contributed by atoms with Gasteiger partial charge in [0.1, 0.15) is 34.7 Å². The maximum Gasteiger partial charge on any atom is 0.295 e. The van der Waals surface area contributed by atoms with Gasteiger partial charge in [0, 0.05) is 36.6 Å². The minimum Gasteiger partial charge on any atom is -0.487 e. The van der Waals surface area contributed by atoms with Gasteiger partial charge in [-0.2, -0.15) is 0 Å². The Bertz CT molecular complexity index is 1250. The van der Waals surface area contributed by atoms with Gasteiger partial charge in [-0.05, 0) is 37.6 Å². The number of pyridine rings is 2. The predicted molar refractivity (Wildman–Crippen MR) is 114 cm³/mol. The topological polar surface area (TPSA) is 73.7 Å². The molecule has 0 N–H and O–H groups in total. The van der Waals surface area contributed by atoms with Gasteiger partial charge >= 0.3 is 0 Å². The summed E-state index contributed by atoms with van der Waals surface area (Å²) in [6.45, 7) is 3.15. The Balaban J connectivity index is 1.99. The number of rotatable bonds is 6. The van der Waals surface area contributed by atoms with Crippen molar-refractivity contribution < 1.29 is 23.1 Å². The molecule has 1 amide bonds. The minimum absolute atomic E-state index is 0.0521. The Morgan fingerprint density at radius 1 is 1.22 bits per heavy atom. The number of carbonyl (C=O) groups excluding carboxylic acids is 1. The van der Waals surface area contributed by atoms with Gasteiger partial charge in [0.2, 0.25) is 0 Å². The fourth-order valence-electron chi connectivity index (χ4n) is 3.00. The van der Waals surface area contributed by atoms with E-state index in [1.165, 1.54) is 43.1 Å². The smallest absolute Gasteiger partial charge is 0.295 e. The summed E-state index contributed by atoms with van der Waals surface area (Å²) in [4.78, 5) is 34.4. The van der Waals surface area contributed by atoms with Crippen molar-refractivity contribution >= 4 is 17.5 Å². The van der Waals surface area contributed by atoms with Crippen molar-refractivity contribution in [3.05, 3.63) is 86.1 Å². The molecule has 0 atom stereocenters. The fourth-order valence-corrected chi connectivity index (χ4v) is 3.19. The van der Waals surface area contributed by atoms with E-state index >= 15 is 0 Å². The molecule has 7 nitrogen and oxygen atoms in total. The molecule has 1 aromatic carbocycles. The van der Waals surface area contributed by atoms with Crippen LogP contribution in [0.1, 0.15) is 27.3 Å². The number of ether oxygens (including phenoxy) is 1. The monoisotopic (exact) mass is 463 g/mol. The van der Waals surface area contributed by atoms with Crippen LogP contribution in [-0.2, 0) is 11.4 Å². The summed E-state index contributed by atoms with van der Waals surface area (Å²) in [6.07, 6.45) is 1.47. The Kier molecular flexibility index (Phi) is 6.90. The van der Waals surface area contributed by atoms with Gasteiger partial charge in [-0.3, -0.25) is 24.0 Å². The molecule has 3 rings (SSSR count). The molecule has 10 heteroatoms. The molecule has 0 fully saturated rings. The molecular formula is C22H20ClF2N3O4. The van der Waals surface area contributed by atoms with Crippen molar-refractivity contribution in [2.45, 2.75) is 20.5 Å². The van der Waals surface area contributed by atoms with Gasteiger partial charge in [0.05, 0.1) is 12.8 Å². The molecule has 0 bridgehead atoms. The number of hydrogen-bond acceptors (Lipinski definition) is 5. The third kappa shape index (κ3) is 4.63. The summed E-state index contributed by atoms with van der Waals surface area (Å²) in [5, 5.41) is 0.784. The number of hydroxylamine groups is 2. The second-order valence-corrected chi connectivity index (χ2v) is 7.35. The molecule has 3 aromatic rings. The van der Waals surface area contributed by atoms with Gasteiger partial charge < -0.3 is 4.74 Å². The number of aryl methyl sites for hydroxylation is 2. The lowest BCUT2D eigenvalue weighted by molar-refractivity contribution is -0.0760. The van der Waals surface area contributed by atoms with Gasteiger partial charge in [-0.15, -0.1) is 0 Å². The number of nitrogens with zero attached hydrogens (tertiary/aromatic N) is 3. The molecule has 0 unspecified atom stereocenters. The molecule has 32 heavy (non-hydrogen) atoms. The highest BCUT2D eigenvalue weighted by Crippen LogP contribution is 2.26. The van der Waals surface area contributed by atoms with Crippen molar-refractivity contribution in [3.63, 3.8) is 0 Å². The van der Waals surface area contributed by atoms with Crippen molar-refractivity contribution in [2.24, 2.45) is 0 Å². The van der Waals surface area contributed by atoms with Crippen LogP contribution in [0.4, 0.5) is 8.78 Å². The molecule has 2 heterocycles. The van der Waals surface area contributed by atoms with Crippen LogP contribution in [0, 0.1) is 25.5 Å². The molecule has 0 saturated carbocycles. The van der Waals surface area contributed by atoms with E-state index in [2.05, 4.69) is 4.98 Å². The summed E-state index contributed by atoms with van der Waals surface area (Å²) in [5.74, 6) is -1.91. The molecule has 2 aromatic heterocycles. The summed E-state index contributed by atoms with van der Waals surface area (Å²) in [6, 6.07) is 6.09. The summed E-state index contributed by atoms with van der Waals surface area (Å²) in [7, 11) is 2.78. The molecule has 0 radical (unpaired) electrons. The van der Waals surface area contributed by atoms with E-state index < -0.39 is 23.1 Å². The lowest BCUT2D eigenvalue weighted by Crippen LogP contribution is -2.27. The predicted octanol–water partition coefficient (Wildman–Crippen LogP) is 3.99. The zero-order valence-corrected chi connectivity index (χ0v) is 18.5. The lowest BCUT2D eigenvalue weighted by Gasteiger charge is -2.18. The van der Waals surface area contributed by atoms with Crippen molar-refractivity contribution in [3.8, 4) is 11.4 Å². The van der Waals surface area contributed by atoms with Crippen LogP contribution in [0.3, 0.4) is 0 Å². The highest BCUT2D eigenvalue weighted by atomic mass is 35.5. The largest absolute Gasteiger partial charge is 0.487 e. The molecular weight excluding hydrogens is 444 g/mol. The highest BCUT2D eigenvalue weighted by molar-refractivity contribution is 6.31. The van der Waals surface area contributed by atoms with Gasteiger partial charge in [0.15, 0.2) is 0 Å². The first-order valence-corrected chi connectivity index (χ1v) is 9.80. The van der Waals surface area contributed by atoms with Crippen LogP contribution >= 0.6 is 11.6 Å². The normalized spacial score (nSPS) is 10.8. The quantitative estimate of drug-likeness (QED) is 0.517. The highest BCUT2D eigenvalue weighted by Gasteiger charge is 2.19. The van der Waals surface area contributed by atoms with Crippen LogP contribution in [0.25, 0.3) is 5.69 Å². The SMILES string of the molecule is CON(C)C(=O)c1cc(-n2c(C)cc(OCc3ccc(F)cc3F)c(Cl)c2=O)c(C)cn1. The maximum atomic E-state index is 13.9. The van der Waals surface area contributed by atoms with E-state index in [4.69, 9.17) is 21.2 Å². The minimum atomic E-state index is -0.767. The van der Waals surface area contributed by atoms with E-state index in [0.717, 1.165) is 17.2 Å². The number of aromatic nitrogens is 2. The van der Waals surface area contributed by atoms with E-state index in [0.29, 0.717) is 16.9 Å². The zero-order valence-electron chi connectivity index (χ0n) is 17.8. The van der Waals surface area contributed by atoms with Crippen LogP contribution in [0.5, 0.6) is 5.75 Å². The second-order valence-electron chi connectivity index (χ2n) is 6.97. The fraction of sp³-hybridized carbons (Fsp3) is 0.227. The Hall–Kier alpha value is -3.30. The summed E-state index contributed by atoms with van der Waals surface area (Å²) >= 11 is 6.26. The second kappa shape index (κ2) is 9.46. The van der Waals surface area contributed by atoms with Crippen molar-refractivity contribution in [2.75, 3.05) is 14.2 Å². The third-order valence-corrected chi connectivity index (χ3v) is 5.14. The summed E-state index contributed by atoms with van der Waals surface area (Å²) in [5.41, 5.74) is 1.10. The Morgan fingerprint density at radius 3 is 2.59 bits per heavy atom. The molecule has 168 valence electrons. The average Bonchev–Trinajstić information content (AvgIpc) is 2.76. The van der Waals surface area contributed by atoms with Crippen molar-refractivity contribution in [1.82, 2.24) is 14.6 Å². The molecule has 0 aliphatic carbocycles. The van der Waals surface area contributed by atoms with Gasteiger partial charge in [-0.25, -0.2) is 13.8 Å². The first kappa shape index (κ1) is 23.4. The Labute approximate surface area is 187 Å². The van der Waals surface area contributed by atoms with Gasteiger partial charge in [-0.1, -0.05) is 11.6 Å². The summed E-state index contributed by atoms with van der Waals surface area (Å²) < 4.78 is 33.8. The van der Waals surface area contributed by atoms with Crippen LogP contribution in [-0.4, -0.2) is 34.7 Å². The third-order valence-electron chi connectivity index (χ3n) is 4.79. The molecule has 0 saturated heterocycles. The standard InChI is InChI=1S/C22H20ClF2N3O4/c1-12-10-26-17(21(29)27(3)31-4)9-18(12)28-13(2)7-19(20(23)22(28)30)32-11-14-5-6-15(24)8-16(14)25/h5-10H,11H2,1-4H3. The first-order valence-electron chi connectivity index (χ1n) is 9.42. The number of carbonyl (C=O) groups is 1. The Morgan fingerprint density at radius 2 is 1.94 bits per heavy atom. The van der Waals surface area contributed by atoms with Crippen LogP contribution in [0.15, 0.2) is 41.3 Å². The molecule has 0 spiro atoms. The van der Waals surface area contributed by atoms with Crippen LogP contribution < -0.4 is 10.3 Å². The maximum absolute atomic E-state index is 13.9. The van der Waals surface area contributed by atoms with E-state index in [1.807, 2.05) is 0 Å². The lowest BCUT2D eigenvalue weighted by atomic mass is 10.2. The number of halogens is 3. The van der Waals surface area contributed by atoms with E-state index in [-0.39, 0.29) is 28.6 Å². The number of benzene rings is 1. The molecule has 0 aliphatic heterocycles. The number of hydrogen-bond donors (Lipinski definition) is 0. The average molecular weight is 464 g/mol. The van der Waals surface area contributed by atoms with E-state index in [9.17, 15) is 18.4 Å². The van der Waals surface area contributed by atoms with Gasteiger partial charge in [0.25, 0.3) is 11.5 Å². The zero-order chi connectivity index (χ0) is 23.6. The first-order chi connectivity index (χ1) is 15.1.